The number of hydrogen-bond donors (Lipinski definition) is 0. The van der Waals surface area contributed by atoms with Gasteiger partial charge in [0, 0.05) is 41.9 Å². The van der Waals surface area contributed by atoms with Crippen LogP contribution in [0.5, 0.6) is 0 Å². The van der Waals surface area contributed by atoms with Crippen LogP contribution in [0.4, 0.5) is 13.2 Å². The molecule has 1 atom stereocenters. The van der Waals surface area contributed by atoms with E-state index in [0.717, 1.165) is 0 Å². The summed E-state index contributed by atoms with van der Waals surface area (Å²) in [7, 11) is 0. The summed E-state index contributed by atoms with van der Waals surface area (Å²) in [6, 6.07) is 7.62. The molecule has 0 N–H and O–H groups in total. The molecule has 0 aliphatic heterocycles. The third-order valence-electron chi connectivity index (χ3n) is 6.08. The number of rotatable bonds is 9. The van der Waals surface area contributed by atoms with Gasteiger partial charge in [0.1, 0.15) is 6.33 Å². The monoisotopic (exact) mass is 571 g/mol. The molecule has 0 radical (unpaired) electrons. The predicted octanol–water partition coefficient (Wildman–Crippen LogP) is 5.77. The topological polar surface area (TPSA) is 101 Å². The van der Waals surface area contributed by atoms with Crippen molar-refractivity contribution in [3.63, 3.8) is 0 Å². The second-order valence-corrected chi connectivity index (χ2v) is 10.3. The minimum atomic E-state index is -2.79. The summed E-state index contributed by atoms with van der Waals surface area (Å²) in [6.45, 7) is 3.45. The Morgan fingerprint density at radius 1 is 1.02 bits per heavy atom. The normalized spacial score (nSPS) is 12.8. The Hall–Kier alpha value is -4.10. The van der Waals surface area contributed by atoms with Crippen LogP contribution in [0.25, 0.3) is 28.1 Å². The molecule has 0 saturated heterocycles. The van der Waals surface area contributed by atoms with Crippen molar-refractivity contribution in [1.29, 1.82) is 0 Å². The van der Waals surface area contributed by atoms with Gasteiger partial charge in [0.25, 0.3) is 0 Å². The fraction of sp³-hybridized carbons (Fsp3) is 0.308. The highest BCUT2D eigenvalue weighted by atomic mass is 35.5. The van der Waals surface area contributed by atoms with Crippen LogP contribution in [-0.2, 0) is 4.74 Å². The zero-order chi connectivity index (χ0) is 28.4. The van der Waals surface area contributed by atoms with Gasteiger partial charge in [-0.3, -0.25) is 9.67 Å². The zero-order valence-corrected chi connectivity index (χ0v) is 22.5. The van der Waals surface area contributed by atoms with Gasteiger partial charge in [0.05, 0.1) is 39.9 Å². The van der Waals surface area contributed by atoms with Gasteiger partial charge < -0.3 is 4.74 Å². The molecule has 14 heteroatoms. The fourth-order valence-electron chi connectivity index (χ4n) is 4.26. The Morgan fingerprint density at radius 3 is 2.52 bits per heavy atom. The average Bonchev–Trinajstić information content (AvgIpc) is 3.69. The molecule has 5 rings (SSSR count). The summed E-state index contributed by atoms with van der Waals surface area (Å²) < 4.78 is 51.6. The molecule has 1 unspecified atom stereocenters. The van der Waals surface area contributed by atoms with Crippen LogP contribution in [0, 0.1) is 5.82 Å². The summed E-state index contributed by atoms with van der Waals surface area (Å²) in [4.78, 5) is 4.63. The molecule has 0 aliphatic rings. The molecule has 4 heterocycles. The first-order chi connectivity index (χ1) is 19.1. The molecule has 5 aromatic rings. The highest BCUT2D eigenvalue weighted by Crippen LogP contribution is 2.34. The third kappa shape index (κ3) is 5.75. The van der Waals surface area contributed by atoms with Crippen LogP contribution in [0.2, 0.25) is 5.02 Å². The maximum Gasteiger partial charge on any atom is 0.333 e. The molecule has 1 aromatic carbocycles. The molecular weight excluding hydrogens is 547 g/mol. The van der Waals surface area contributed by atoms with E-state index in [9.17, 15) is 8.78 Å². The molecular formula is C26H25ClF3N9O. The van der Waals surface area contributed by atoms with E-state index in [-0.39, 0.29) is 21.9 Å². The predicted molar refractivity (Wildman–Crippen MR) is 141 cm³/mol. The summed E-state index contributed by atoms with van der Waals surface area (Å²) >= 11 is 6.09. The number of ether oxygens (including phenoxy) is 1. The molecule has 0 aliphatic carbocycles. The molecule has 0 saturated carbocycles. The van der Waals surface area contributed by atoms with Crippen molar-refractivity contribution in [2.24, 2.45) is 0 Å². The third-order valence-corrected chi connectivity index (χ3v) is 6.38. The molecule has 4 aromatic heterocycles. The number of tetrazole rings is 1. The van der Waals surface area contributed by atoms with Crippen molar-refractivity contribution in [3.05, 3.63) is 78.0 Å². The van der Waals surface area contributed by atoms with E-state index in [2.05, 4.69) is 30.7 Å². The van der Waals surface area contributed by atoms with Crippen molar-refractivity contribution < 1.29 is 17.9 Å². The highest BCUT2D eigenvalue weighted by molar-refractivity contribution is 6.31. The van der Waals surface area contributed by atoms with Gasteiger partial charge in [0.15, 0.2) is 5.82 Å². The maximum atomic E-state index is 15.2. The first-order valence-corrected chi connectivity index (χ1v) is 12.7. The van der Waals surface area contributed by atoms with E-state index in [1.165, 1.54) is 41.7 Å². The van der Waals surface area contributed by atoms with Crippen LogP contribution >= 0.6 is 11.6 Å². The molecule has 40 heavy (non-hydrogen) atoms. The van der Waals surface area contributed by atoms with Crippen LogP contribution < -0.4 is 0 Å². The van der Waals surface area contributed by atoms with E-state index in [0.29, 0.717) is 40.2 Å². The maximum absolute atomic E-state index is 15.2. The van der Waals surface area contributed by atoms with Gasteiger partial charge in [-0.1, -0.05) is 17.7 Å². The Balaban J connectivity index is 1.50. The van der Waals surface area contributed by atoms with Crippen molar-refractivity contribution in [1.82, 2.24) is 44.8 Å². The number of alkyl halides is 2. The Labute approximate surface area is 232 Å². The van der Waals surface area contributed by atoms with Crippen molar-refractivity contribution in [2.75, 3.05) is 6.61 Å². The van der Waals surface area contributed by atoms with Gasteiger partial charge in [-0.25, -0.2) is 9.07 Å². The lowest BCUT2D eigenvalue weighted by atomic mass is 10.0. The van der Waals surface area contributed by atoms with Crippen LogP contribution in [0.1, 0.15) is 45.5 Å². The van der Waals surface area contributed by atoms with Crippen molar-refractivity contribution in [3.8, 4) is 28.1 Å². The molecule has 10 nitrogen and oxygen atoms in total. The van der Waals surface area contributed by atoms with Crippen molar-refractivity contribution >= 4 is 11.6 Å². The van der Waals surface area contributed by atoms with Gasteiger partial charge in [0.2, 0.25) is 0 Å². The van der Waals surface area contributed by atoms with Gasteiger partial charge >= 0.3 is 6.55 Å². The minimum absolute atomic E-state index is 0.0554. The average molecular weight is 572 g/mol. The van der Waals surface area contributed by atoms with E-state index < -0.39 is 18.4 Å². The lowest BCUT2D eigenvalue weighted by Crippen LogP contribution is -2.22. The number of halogens is 4. The van der Waals surface area contributed by atoms with E-state index in [4.69, 9.17) is 16.3 Å². The first kappa shape index (κ1) is 27.5. The van der Waals surface area contributed by atoms with Gasteiger partial charge in [-0.2, -0.15) is 23.7 Å². The Bertz CT molecular complexity index is 1580. The quantitative estimate of drug-likeness (QED) is 0.221. The van der Waals surface area contributed by atoms with Crippen LogP contribution in [0.15, 0.2) is 61.4 Å². The van der Waals surface area contributed by atoms with Crippen LogP contribution in [-0.4, -0.2) is 57.0 Å². The lowest BCUT2D eigenvalue weighted by Gasteiger charge is -2.23. The van der Waals surface area contributed by atoms with E-state index in [1.54, 1.807) is 29.1 Å². The van der Waals surface area contributed by atoms with Crippen molar-refractivity contribution in [2.45, 2.75) is 45.4 Å². The molecule has 0 fully saturated rings. The van der Waals surface area contributed by atoms with Gasteiger partial charge in [-0.15, -0.1) is 5.10 Å². The Morgan fingerprint density at radius 2 is 1.85 bits per heavy atom. The van der Waals surface area contributed by atoms with Gasteiger partial charge in [-0.05, 0) is 61.9 Å². The summed E-state index contributed by atoms with van der Waals surface area (Å²) in [5.41, 5.74) is 2.00. The first-order valence-electron chi connectivity index (χ1n) is 12.3. The molecule has 0 spiro atoms. The number of pyridine rings is 1. The largest absolute Gasteiger partial charge is 0.376 e. The SMILES string of the molecule is CC(C)(C)OCCC(c1ccc(-c2c(-n3cnnn3)ccc(Cl)c2F)cn1)n1cc(-c2ccnn2C(F)F)cn1. The van der Waals surface area contributed by atoms with E-state index >= 15 is 4.39 Å². The summed E-state index contributed by atoms with van der Waals surface area (Å²) in [5.74, 6) is -0.633. The smallest absolute Gasteiger partial charge is 0.333 e. The summed E-state index contributed by atoms with van der Waals surface area (Å²) in [5, 5.41) is 19.2. The number of hydrogen-bond acceptors (Lipinski definition) is 7. The van der Waals surface area contributed by atoms with E-state index in [1.807, 2.05) is 20.8 Å². The highest BCUT2D eigenvalue weighted by Gasteiger charge is 2.23. The number of nitrogens with zero attached hydrogens (tertiary/aromatic N) is 9. The lowest BCUT2D eigenvalue weighted by molar-refractivity contribution is -0.00766. The second kappa shape index (κ2) is 11.2. The zero-order valence-electron chi connectivity index (χ0n) is 21.8. The fourth-order valence-corrected chi connectivity index (χ4v) is 4.42. The molecule has 0 bridgehead atoms. The summed E-state index contributed by atoms with van der Waals surface area (Å²) in [6.07, 6.45) is 7.86. The number of benzene rings is 1. The second-order valence-electron chi connectivity index (χ2n) is 9.89. The molecule has 0 amide bonds. The molecule has 208 valence electrons. The number of aromatic nitrogens is 9. The standard InChI is InChI=1S/C26H25ClF3N9O/c1-26(2,3)40-11-9-21(37-14-17(13-34-37)20-8-10-33-39(20)25(29)30)19-6-4-16(12-31-19)23-22(38-15-32-35-36-38)7-5-18(27)24(23)28/h4-8,10,12-15,21,25H,9,11H2,1-3H3. The van der Waals surface area contributed by atoms with Crippen LogP contribution in [0.3, 0.4) is 0 Å². The minimum Gasteiger partial charge on any atom is -0.376 e. The Kier molecular flexibility index (Phi) is 7.68.